The number of rotatable bonds is 3. The van der Waals surface area contributed by atoms with Crippen LogP contribution in [0.1, 0.15) is 24.0 Å². The molecule has 0 aliphatic carbocycles. The highest BCUT2D eigenvalue weighted by Gasteiger charge is 2.34. The van der Waals surface area contributed by atoms with Gasteiger partial charge in [0, 0.05) is 50.9 Å². The van der Waals surface area contributed by atoms with E-state index in [4.69, 9.17) is 11.6 Å². The van der Waals surface area contributed by atoms with Crippen LogP contribution in [0.5, 0.6) is 0 Å². The van der Waals surface area contributed by atoms with E-state index in [2.05, 4.69) is 32.4 Å². The summed E-state index contributed by atoms with van der Waals surface area (Å²) in [5.74, 6) is 0. The van der Waals surface area contributed by atoms with E-state index in [1.54, 1.807) is 0 Å². The first-order valence-electron chi connectivity index (χ1n) is 8.66. The van der Waals surface area contributed by atoms with Crippen molar-refractivity contribution in [1.29, 1.82) is 0 Å². The van der Waals surface area contributed by atoms with Gasteiger partial charge >= 0.3 is 0 Å². The highest BCUT2D eigenvalue weighted by Crippen LogP contribution is 2.37. The van der Waals surface area contributed by atoms with Gasteiger partial charge in [0.2, 0.25) is 0 Å². The Bertz CT molecular complexity index is 956. The average molecular weight is 432 g/mol. The fourth-order valence-electron chi connectivity index (χ4n) is 3.70. The third-order valence-electron chi connectivity index (χ3n) is 5.31. The van der Waals surface area contributed by atoms with Crippen LogP contribution in [0.15, 0.2) is 59.7 Å². The molecule has 4 rings (SSSR count). The van der Waals surface area contributed by atoms with Crippen LogP contribution in [0.25, 0.3) is 16.6 Å². The predicted octanol–water partition coefficient (Wildman–Crippen LogP) is 5.54. The van der Waals surface area contributed by atoms with Crippen molar-refractivity contribution in [1.82, 2.24) is 9.88 Å². The minimum Gasteiger partial charge on any atom is -0.385 e. The summed E-state index contributed by atoms with van der Waals surface area (Å²) in [7, 11) is 0. The lowest BCUT2D eigenvalue weighted by Gasteiger charge is -2.40. The predicted molar refractivity (Wildman–Crippen MR) is 111 cm³/mol. The van der Waals surface area contributed by atoms with Gasteiger partial charge in [-0.15, -0.1) is 0 Å². The number of nitrogens with zero attached hydrogens (tertiary/aromatic N) is 1. The van der Waals surface area contributed by atoms with E-state index in [9.17, 15) is 5.11 Å². The van der Waals surface area contributed by atoms with Gasteiger partial charge in [-0.1, -0.05) is 52.3 Å². The van der Waals surface area contributed by atoms with Crippen molar-refractivity contribution in [3.8, 4) is 0 Å². The van der Waals surface area contributed by atoms with Crippen LogP contribution < -0.4 is 0 Å². The van der Waals surface area contributed by atoms with E-state index in [-0.39, 0.29) is 0 Å². The molecule has 2 N–H and O–H groups in total. The molecule has 134 valence electrons. The van der Waals surface area contributed by atoms with Crippen molar-refractivity contribution in [3.05, 3.63) is 75.9 Å². The second-order valence-corrected chi connectivity index (χ2v) is 8.22. The van der Waals surface area contributed by atoms with Gasteiger partial charge in [0.25, 0.3) is 0 Å². The van der Waals surface area contributed by atoms with Crippen LogP contribution in [0.3, 0.4) is 0 Å². The minimum atomic E-state index is -0.773. The zero-order chi connectivity index (χ0) is 18.3. The number of nitrogens with one attached hydrogen (secondary N) is 1. The number of aromatic nitrogens is 1. The molecule has 0 radical (unpaired) electrons. The van der Waals surface area contributed by atoms with Gasteiger partial charge in [0.1, 0.15) is 0 Å². The van der Waals surface area contributed by atoms with E-state index >= 15 is 0 Å². The number of piperidine rings is 1. The normalized spacial score (nSPS) is 16.8. The maximum absolute atomic E-state index is 11.1. The van der Waals surface area contributed by atoms with Crippen LogP contribution in [0.4, 0.5) is 0 Å². The van der Waals surface area contributed by atoms with Gasteiger partial charge in [-0.3, -0.25) is 0 Å². The van der Waals surface area contributed by atoms with Crippen molar-refractivity contribution < 1.29 is 5.11 Å². The monoisotopic (exact) mass is 430 g/mol. The van der Waals surface area contributed by atoms with Crippen LogP contribution in [0.2, 0.25) is 5.02 Å². The molecule has 2 heterocycles. The fraction of sp³-hybridized carbons (Fsp3) is 0.238. The van der Waals surface area contributed by atoms with Gasteiger partial charge in [0.15, 0.2) is 0 Å². The second-order valence-electron chi connectivity index (χ2n) is 6.86. The maximum atomic E-state index is 11.1. The number of likely N-dealkylation sites (tertiary alicyclic amines) is 1. The molecule has 1 aromatic heterocycles. The number of fused-ring (bicyclic) bond motifs is 1. The molecule has 0 unspecified atom stereocenters. The smallest absolute Gasteiger partial charge is 0.0930 e. The first-order chi connectivity index (χ1) is 12.5. The lowest BCUT2D eigenvalue weighted by atomic mass is 9.84. The lowest BCUT2D eigenvalue weighted by molar-refractivity contribution is -0.0139. The van der Waals surface area contributed by atoms with Gasteiger partial charge < -0.3 is 15.0 Å². The Morgan fingerprint density at radius 3 is 2.54 bits per heavy atom. The Kier molecular flexibility index (Phi) is 4.59. The molecule has 2 aromatic carbocycles. The molecule has 3 nitrogen and oxygen atoms in total. The van der Waals surface area contributed by atoms with Crippen LogP contribution in [0, 0.1) is 0 Å². The van der Waals surface area contributed by atoms with E-state index in [1.807, 2.05) is 48.7 Å². The molecule has 5 heteroatoms. The number of H-pyrrole nitrogens is 1. The quantitative estimate of drug-likeness (QED) is 0.571. The van der Waals surface area contributed by atoms with Crippen molar-refractivity contribution >= 4 is 44.1 Å². The molecule has 1 aliphatic heterocycles. The topological polar surface area (TPSA) is 39.3 Å². The van der Waals surface area contributed by atoms with E-state index in [1.165, 1.54) is 0 Å². The molecule has 26 heavy (non-hydrogen) atoms. The summed E-state index contributed by atoms with van der Waals surface area (Å²) >= 11 is 9.52. The maximum Gasteiger partial charge on any atom is 0.0930 e. The molecule has 1 aliphatic rings. The SMILES string of the molecule is C=C(c1c[nH]c2cc(Cl)ccc12)N1CCC(O)(c2ccc(Br)cc2)CC1. The summed E-state index contributed by atoms with van der Waals surface area (Å²) in [4.78, 5) is 5.53. The Balaban J connectivity index is 1.52. The highest BCUT2D eigenvalue weighted by atomic mass is 79.9. The molecular weight excluding hydrogens is 412 g/mol. The number of aromatic amines is 1. The van der Waals surface area contributed by atoms with E-state index in [0.717, 1.165) is 45.3 Å². The Labute approximate surface area is 166 Å². The van der Waals surface area contributed by atoms with Gasteiger partial charge in [-0.05, 0) is 42.7 Å². The second kappa shape index (κ2) is 6.76. The van der Waals surface area contributed by atoms with Crippen molar-refractivity contribution in [3.63, 3.8) is 0 Å². The number of hydrogen-bond donors (Lipinski definition) is 2. The van der Waals surface area contributed by atoms with Gasteiger partial charge in [-0.25, -0.2) is 0 Å². The molecule has 1 fully saturated rings. The number of halogens is 2. The molecule has 3 aromatic rings. The van der Waals surface area contributed by atoms with Crippen LogP contribution >= 0.6 is 27.5 Å². The third-order valence-corrected chi connectivity index (χ3v) is 6.07. The van der Waals surface area contributed by atoms with Crippen molar-refractivity contribution in [2.45, 2.75) is 18.4 Å². The van der Waals surface area contributed by atoms with E-state index < -0.39 is 5.60 Å². The third kappa shape index (κ3) is 3.18. The largest absolute Gasteiger partial charge is 0.385 e. The molecule has 0 bridgehead atoms. The number of hydrogen-bond acceptors (Lipinski definition) is 2. The van der Waals surface area contributed by atoms with Crippen molar-refractivity contribution in [2.24, 2.45) is 0 Å². The first-order valence-corrected chi connectivity index (χ1v) is 9.83. The zero-order valence-corrected chi connectivity index (χ0v) is 16.6. The summed E-state index contributed by atoms with van der Waals surface area (Å²) in [6.45, 7) is 5.85. The van der Waals surface area contributed by atoms with Crippen molar-refractivity contribution in [2.75, 3.05) is 13.1 Å². The summed E-state index contributed by atoms with van der Waals surface area (Å²) in [6.07, 6.45) is 3.35. The summed E-state index contributed by atoms with van der Waals surface area (Å²) in [5.41, 5.74) is 3.29. The molecule has 1 saturated heterocycles. The Morgan fingerprint density at radius 2 is 1.85 bits per heavy atom. The minimum absolute atomic E-state index is 0.682. The van der Waals surface area contributed by atoms with Crippen LogP contribution in [-0.4, -0.2) is 28.1 Å². The Hall–Kier alpha value is -1.75. The molecule has 0 spiro atoms. The summed E-state index contributed by atoms with van der Waals surface area (Å²) < 4.78 is 1.02. The summed E-state index contributed by atoms with van der Waals surface area (Å²) in [5, 5.41) is 12.9. The zero-order valence-electron chi connectivity index (χ0n) is 14.3. The first kappa shape index (κ1) is 17.7. The lowest BCUT2D eigenvalue weighted by Crippen LogP contribution is -2.41. The molecular formula is C21H20BrClN2O. The molecule has 0 saturated carbocycles. The summed E-state index contributed by atoms with van der Waals surface area (Å²) in [6, 6.07) is 13.8. The number of aliphatic hydroxyl groups is 1. The van der Waals surface area contributed by atoms with Gasteiger partial charge in [0.05, 0.1) is 5.60 Å². The van der Waals surface area contributed by atoms with Crippen LogP contribution in [-0.2, 0) is 5.60 Å². The fourth-order valence-corrected chi connectivity index (χ4v) is 4.14. The Morgan fingerprint density at radius 1 is 1.15 bits per heavy atom. The number of benzene rings is 2. The standard InChI is InChI=1S/C21H20BrClN2O/c1-14(19-13-24-20-12-17(23)6-7-18(19)20)25-10-8-21(26,9-11-25)15-2-4-16(22)5-3-15/h2-7,12-13,24,26H,1,8-11H2. The van der Waals surface area contributed by atoms with E-state index in [0.29, 0.717) is 17.9 Å². The highest BCUT2D eigenvalue weighted by molar-refractivity contribution is 9.10. The average Bonchev–Trinajstić information content (AvgIpc) is 3.05. The molecule has 0 atom stereocenters. The molecule has 0 amide bonds. The van der Waals surface area contributed by atoms with Gasteiger partial charge in [-0.2, -0.15) is 0 Å².